The molecule has 35 heavy (non-hydrogen) atoms. The molecule has 4 aromatic heterocycles. The highest BCUT2D eigenvalue weighted by Crippen LogP contribution is 2.34. The molecule has 0 saturated carbocycles. The van der Waals surface area contributed by atoms with Crippen molar-refractivity contribution in [3.63, 3.8) is 0 Å². The van der Waals surface area contributed by atoms with Gasteiger partial charge in [-0.3, -0.25) is 14.3 Å². The van der Waals surface area contributed by atoms with Gasteiger partial charge in [-0.05, 0) is 48.0 Å². The van der Waals surface area contributed by atoms with E-state index in [-0.39, 0.29) is 5.91 Å². The molecule has 0 aliphatic rings. The summed E-state index contributed by atoms with van der Waals surface area (Å²) in [6, 6.07) is 12.5. The van der Waals surface area contributed by atoms with E-state index < -0.39 is 0 Å². The molecule has 1 N–H and O–H groups in total. The Bertz CT molecular complexity index is 1450. The quantitative estimate of drug-likeness (QED) is 0.243. The summed E-state index contributed by atoms with van der Waals surface area (Å²) in [4.78, 5) is 20.9. The lowest BCUT2D eigenvalue weighted by Gasteiger charge is -2.11. The van der Waals surface area contributed by atoms with Crippen LogP contribution in [0.5, 0.6) is 0 Å². The zero-order chi connectivity index (χ0) is 24.2. The first-order valence-corrected chi connectivity index (χ1v) is 12.9. The number of thiazole rings is 1. The number of thioether (sulfide) groups is 1. The number of carbonyl (C=O) groups is 1. The molecule has 0 atom stereocenters. The van der Waals surface area contributed by atoms with Gasteiger partial charge in [0, 0.05) is 29.3 Å². The van der Waals surface area contributed by atoms with Crippen molar-refractivity contribution >= 4 is 52.2 Å². The van der Waals surface area contributed by atoms with E-state index in [1.807, 2.05) is 12.1 Å². The first-order chi connectivity index (χ1) is 17.1. The number of rotatable bonds is 8. The molecule has 8 nitrogen and oxygen atoms in total. The first kappa shape index (κ1) is 23.6. The van der Waals surface area contributed by atoms with Gasteiger partial charge in [0.05, 0.1) is 22.7 Å². The summed E-state index contributed by atoms with van der Waals surface area (Å²) in [5.41, 5.74) is 1.97. The van der Waals surface area contributed by atoms with E-state index >= 15 is 0 Å². The zero-order valence-corrected chi connectivity index (χ0v) is 21.0. The molecule has 176 valence electrons. The van der Waals surface area contributed by atoms with Gasteiger partial charge < -0.3 is 9.73 Å². The third-order valence-corrected chi connectivity index (χ3v) is 7.36. The maximum Gasteiger partial charge on any atom is 0.271 e. The van der Waals surface area contributed by atoms with Crippen LogP contribution in [0.25, 0.3) is 17.3 Å². The normalized spacial score (nSPS) is 11.0. The molecule has 0 fully saturated rings. The average molecular weight is 543 g/mol. The van der Waals surface area contributed by atoms with Crippen LogP contribution < -0.4 is 5.32 Å². The number of amides is 1. The molecule has 0 saturated heterocycles. The van der Waals surface area contributed by atoms with Crippen LogP contribution in [-0.2, 0) is 12.3 Å². The standard InChI is InChI=1S/C23H16Cl2N6O2S2/c24-15-3-4-16(25)18(10-15)31-21(19-2-1-9-33-19)29-30-23(31)35-13-20-28-17(12-34-20)22(32)27-11-14-5-7-26-8-6-14/h1-10,12H,11,13H2,(H,27,32). The minimum absolute atomic E-state index is 0.233. The third kappa shape index (κ3) is 5.40. The summed E-state index contributed by atoms with van der Waals surface area (Å²) in [6.07, 6.45) is 4.94. The second-order valence-electron chi connectivity index (χ2n) is 7.17. The van der Waals surface area contributed by atoms with E-state index in [0.717, 1.165) is 10.6 Å². The minimum atomic E-state index is -0.233. The Hall–Kier alpha value is -3.18. The van der Waals surface area contributed by atoms with Crippen LogP contribution in [0.15, 0.2) is 76.1 Å². The van der Waals surface area contributed by atoms with Crippen molar-refractivity contribution in [1.29, 1.82) is 0 Å². The molecule has 1 amide bonds. The second-order valence-corrected chi connectivity index (χ2v) is 9.90. The lowest BCUT2D eigenvalue weighted by Crippen LogP contribution is -2.23. The van der Waals surface area contributed by atoms with Crippen LogP contribution in [-0.4, -0.2) is 30.6 Å². The molecule has 1 aromatic carbocycles. The minimum Gasteiger partial charge on any atom is -0.461 e. The fraction of sp³-hybridized carbons (Fsp3) is 0.0870. The van der Waals surface area contributed by atoms with Gasteiger partial charge in [-0.1, -0.05) is 35.0 Å². The van der Waals surface area contributed by atoms with E-state index in [1.165, 1.54) is 23.1 Å². The van der Waals surface area contributed by atoms with Crippen molar-refractivity contribution in [2.45, 2.75) is 17.5 Å². The highest BCUT2D eigenvalue weighted by atomic mass is 35.5. The van der Waals surface area contributed by atoms with Gasteiger partial charge in [0.15, 0.2) is 10.9 Å². The number of nitrogens with one attached hydrogen (secondary N) is 1. The second kappa shape index (κ2) is 10.6. The Morgan fingerprint density at radius 1 is 1.14 bits per heavy atom. The zero-order valence-electron chi connectivity index (χ0n) is 17.9. The summed E-state index contributed by atoms with van der Waals surface area (Å²) in [5.74, 6) is 1.29. The summed E-state index contributed by atoms with van der Waals surface area (Å²) < 4.78 is 7.34. The van der Waals surface area contributed by atoms with Crippen LogP contribution >= 0.6 is 46.3 Å². The number of hydrogen-bond donors (Lipinski definition) is 1. The number of furan rings is 1. The lowest BCUT2D eigenvalue weighted by molar-refractivity contribution is 0.0946. The molecule has 5 aromatic rings. The highest BCUT2D eigenvalue weighted by Gasteiger charge is 2.21. The number of aromatic nitrogens is 5. The van der Waals surface area contributed by atoms with Crippen LogP contribution in [0.1, 0.15) is 21.1 Å². The van der Waals surface area contributed by atoms with Gasteiger partial charge in [-0.15, -0.1) is 21.5 Å². The first-order valence-electron chi connectivity index (χ1n) is 10.3. The van der Waals surface area contributed by atoms with E-state index in [2.05, 4.69) is 25.5 Å². The predicted octanol–water partition coefficient (Wildman–Crippen LogP) is 5.91. The Morgan fingerprint density at radius 2 is 2.00 bits per heavy atom. The molecule has 0 unspecified atom stereocenters. The van der Waals surface area contributed by atoms with Crippen LogP contribution in [0, 0.1) is 0 Å². The number of halogens is 2. The number of nitrogens with zero attached hydrogens (tertiary/aromatic N) is 5. The van der Waals surface area contributed by atoms with Gasteiger partial charge in [-0.2, -0.15) is 0 Å². The van der Waals surface area contributed by atoms with Gasteiger partial charge >= 0.3 is 0 Å². The third-order valence-electron chi connectivity index (χ3n) is 4.84. The number of hydrogen-bond acceptors (Lipinski definition) is 8. The Morgan fingerprint density at radius 3 is 2.80 bits per heavy atom. The fourth-order valence-electron chi connectivity index (χ4n) is 3.18. The molecule has 0 radical (unpaired) electrons. The van der Waals surface area contributed by atoms with Gasteiger partial charge in [0.25, 0.3) is 5.91 Å². The lowest BCUT2D eigenvalue weighted by atomic mass is 10.2. The van der Waals surface area contributed by atoms with Gasteiger partial charge in [-0.25, -0.2) is 4.98 Å². The van der Waals surface area contributed by atoms with Crippen LogP contribution in [0.4, 0.5) is 0 Å². The van der Waals surface area contributed by atoms with Crippen molar-refractivity contribution in [2.24, 2.45) is 0 Å². The smallest absolute Gasteiger partial charge is 0.271 e. The monoisotopic (exact) mass is 542 g/mol. The largest absolute Gasteiger partial charge is 0.461 e. The Labute approximate surface area is 218 Å². The molecular formula is C23H16Cl2N6O2S2. The molecular weight excluding hydrogens is 527 g/mol. The van der Waals surface area contributed by atoms with Crippen LogP contribution in [0.3, 0.4) is 0 Å². The molecule has 0 aliphatic heterocycles. The summed E-state index contributed by atoms with van der Waals surface area (Å²) >= 11 is 15.6. The summed E-state index contributed by atoms with van der Waals surface area (Å²) in [7, 11) is 0. The molecule has 5 rings (SSSR count). The highest BCUT2D eigenvalue weighted by molar-refractivity contribution is 7.98. The van der Waals surface area contributed by atoms with Crippen molar-refractivity contribution in [3.05, 3.63) is 92.8 Å². The number of carbonyl (C=O) groups excluding carboxylic acids is 1. The van der Waals surface area contributed by atoms with E-state index in [1.54, 1.807) is 58.9 Å². The van der Waals surface area contributed by atoms with Crippen molar-refractivity contribution in [2.75, 3.05) is 0 Å². The molecule has 4 heterocycles. The summed E-state index contributed by atoms with van der Waals surface area (Å²) in [5, 5.41) is 15.7. The molecule has 0 bridgehead atoms. The topological polar surface area (TPSA) is 98.7 Å². The summed E-state index contributed by atoms with van der Waals surface area (Å²) in [6.45, 7) is 0.405. The van der Waals surface area contributed by atoms with E-state index in [9.17, 15) is 4.79 Å². The average Bonchev–Trinajstić information content (AvgIpc) is 3.64. The predicted molar refractivity (Wildman–Crippen MR) is 136 cm³/mol. The molecule has 0 spiro atoms. The van der Waals surface area contributed by atoms with E-state index in [4.69, 9.17) is 27.6 Å². The van der Waals surface area contributed by atoms with Gasteiger partial charge in [0.1, 0.15) is 10.7 Å². The number of pyridine rings is 1. The maximum absolute atomic E-state index is 12.5. The SMILES string of the molecule is O=C(NCc1ccncc1)c1csc(CSc2nnc(-c3ccco3)n2-c2cc(Cl)ccc2Cl)n1. The Kier molecular flexibility index (Phi) is 7.14. The Balaban J connectivity index is 1.34. The van der Waals surface area contributed by atoms with Crippen LogP contribution in [0.2, 0.25) is 10.0 Å². The van der Waals surface area contributed by atoms with Crippen molar-refractivity contribution < 1.29 is 9.21 Å². The van der Waals surface area contributed by atoms with Crippen molar-refractivity contribution in [1.82, 2.24) is 30.0 Å². The van der Waals surface area contributed by atoms with E-state index in [0.29, 0.717) is 50.5 Å². The number of benzene rings is 1. The maximum atomic E-state index is 12.5. The van der Waals surface area contributed by atoms with Crippen molar-refractivity contribution in [3.8, 4) is 17.3 Å². The fourth-order valence-corrected chi connectivity index (χ4v) is 5.29. The molecule has 12 heteroatoms. The molecule has 0 aliphatic carbocycles. The van der Waals surface area contributed by atoms with Gasteiger partial charge in [0.2, 0.25) is 5.82 Å².